The largest absolute Gasteiger partial charge is 0.481 e. The van der Waals surface area contributed by atoms with Crippen LogP contribution in [0.1, 0.15) is 23.7 Å². The van der Waals surface area contributed by atoms with Crippen molar-refractivity contribution in [3.05, 3.63) is 76.7 Å². The third kappa shape index (κ3) is 4.82. The summed E-state index contributed by atoms with van der Waals surface area (Å²) in [5.41, 5.74) is 9.14. The maximum atomic E-state index is 13.1. The second kappa shape index (κ2) is 10.4. The minimum absolute atomic E-state index is 0.283. The summed E-state index contributed by atoms with van der Waals surface area (Å²) in [6, 6.07) is 17.1. The summed E-state index contributed by atoms with van der Waals surface area (Å²) in [6.45, 7) is 2.33. The summed E-state index contributed by atoms with van der Waals surface area (Å²) in [5.74, 6) is -1.26. The highest BCUT2D eigenvalue weighted by Gasteiger charge is 2.18. The van der Waals surface area contributed by atoms with Crippen LogP contribution >= 0.6 is 0 Å². The molecule has 9 nitrogen and oxygen atoms in total. The van der Waals surface area contributed by atoms with Crippen LogP contribution in [0.5, 0.6) is 0 Å². The van der Waals surface area contributed by atoms with Crippen LogP contribution in [0.25, 0.3) is 44.0 Å². The fraction of sp³-hybridized carbons (Fsp3) is 0.185. The smallest absolute Gasteiger partial charge is 0.337 e. The number of hydrogen-bond donors (Lipinski definition) is 3. The minimum Gasteiger partial charge on any atom is -0.481 e. The zero-order valence-corrected chi connectivity index (χ0v) is 19.9. The lowest BCUT2D eigenvalue weighted by Gasteiger charge is -2.06. The number of nitrogens with zero attached hydrogens (tertiary/aromatic N) is 2. The lowest BCUT2D eigenvalue weighted by Crippen LogP contribution is -2.11. The Kier molecular flexibility index (Phi) is 7.12. The van der Waals surface area contributed by atoms with E-state index >= 15 is 0 Å². The highest BCUT2D eigenvalue weighted by atomic mass is 16.5. The van der Waals surface area contributed by atoms with Gasteiger partial charge in [0.25, 0.3) is 11.5 Å². The molecule has 0 aliphatic carbocycles. The number of hydrogen-bond acceptors (Lipinski definition) is 6. The molecule has 9 heteroatoms. The molecule has 3 aromatic carbocycles. The van der Waals surface area contributed by atoms with E-state index in [2.05, 4.69) is 4.98 Å². The molecule has 5 rings (SSSR count). The number of benzene rings is 3. The number of carbonyl (C=O) groups is 2. The van der Waals surface area contributed by atoms with Gasteiger partial charge in [-0.1, -0.05) is 30.3 Å². The average molecular weight is 487 g/mol. The van der Waals surface area contributed by atoms with Crippen molar-refractivity contribution in [2.24, 2.45) is 5.73 Å². The molecular formula is C27H26N4O5. The number of methoxy groups -OCH3 is 1. The molecule has 0 amide bonds. The Labute approximate surface area is 206 Å². The van der Waals surface area contributed by atoms with Gasteiger partial charge in [-0.2, -0.15) is 0 Å². The molecule has 2 heterocycles. The van der Waals surface area contributed by atoms with E-state index in [1.165, 1.54) is 7.11 Å². The van der Waals surface area contributed by atoms with Gasteiger partial charge in [-0.25, -0.2) is 9.78 Å². The monoisotopic (exact) mass is 486 g/mol. The Morgan fingerprint density at radius 2 is 1.86 bits per heavy atom. The number of aromatic amines is 1. The van der Waals surface area contributed by atoms with E-state index in [0.29, 0.717) is 35.4 Å². The van der Waals surface area contributed by atoms with Crippen LogP contribution in [-0.4, -0.2) is 45.2 Å². The van der Waals surface area contributed by atoms with E-state index in [1.54, 1.807) is 12.1 Å². The van der Waals surface area contributed by atoms with E-state index in [1.807, 2.05) is 53.2 Å². The molecule has 0 aliphatic rings. The number of nitrogens with one attached hydrogen (secondary N) is 1. The van der Waals surface area contributed by atoms with Crippen LogP contribution in [-0.2, 0) is 16.1 Å². The lowest BCUT2D eigenvalue weighted by molar-refractivity contribution is -0.134. The minimum atomic E-state index is -0.833. The van der Waals surface area contributed by atoms with Gasteiger partial charge in [-0.05, 0) is 42.6 Å². The maximum absolute atomic E-state index is 13.1. The number of fused-ring (bicyclic) bond motifs is 4. The van der Waals surface area contributed by atoms with E-state index in [0.717, 1.165) is 40.5 Å². The number of aliphatic carboxylic acids is 1. The fourth-order valence-corrected chi connectivity index (χ4v) is 4.18. The van der Waals surface area contributed by atoms with E-state index < -0.39 is 11.9 Å². The lowest BCUT2D eigenvalue weighted by atomic mass is 10.1. The first-order valence-electron chi connectivity index (χ1n) is 11.4. The van der Waals surface area contributed by atoms with Gasteiger partial charge in [0.15, 0.2) is 0 Å². The number of rotatable bonds is 5. The zero-order chi connectivity index (χ0) is 25.8. The third-order valence-corrected chi connectivity index (χ3v) is 5.75. The molecule has 0 unspecified atom stereocenters. The van der Waals surface area contributed by atoms with Crippen LogP contribution in [0.3, 0.4) is 0 Å². The molecule has 0 spiro atoms. The number of carboxylic acid groups (broad SMARTS) is 1. The van der Waals surface area contributed by atoms with Gasteiger partial charge in [0.2, 0.25) is 0 Å². The molecule has 0 aliphatic heterocycles. The van der Waals surface area contributed by atoms with Gasteiger partial charge in [0.05, 0.1) is 23.7 Å². The molecule has 0 saturated heterocycles. The Balaban J connectivity index is 0.000000709. The van der Waals surface area contributed by atoms with Crippen molar-refractivity contribution in [1.82, 2.24) is 14.5 Å². The Bertz CT molecular complexity index is 1650. The number of esters is 1. The molecule has 4 N–H and O–H groups in total. The van der Waals surface area contributed by atoms with Crippen molar-refractivity contribution in [3.8, 4) is 11.3 Å². The Morgan fingerprint density at radius 3 is 2.58 bits per heavy atom. The topological polar surface area (TPSA) is 140 Å². The van der Waals surface area contributed by atoms with Crippen molar-refractivity contribution in [2.75, 3.05) is 13.7 Å². The van der Waals surface area contributed by atoms with Crippen molar-refractivity contribution >= 4 is 44.6 Å². The van der Waals surface area contributed by atoms with Gasteiger partial charge < -0.3 is 25.1 Å². The van der Waals surface area contributed by atoms with Crippen LogP contribution in [0, 0.1) is 0 Å². The second-order valence-corrected chi connectivity index (χ2v) is 8.22. The summed E-state index contributed by atoms with van der Waals surface area (Å²) in [6.07, 6.45) is 2.70. The van der Waals surface area contributed by atoms with Crippen molar-refractivity contribution in [1.29, 1.82) is 0 Å². The van der Waals surface area contributed by atoms with Crippen molar-refractivity contribution in [3.63, 3.8) is 0 Å². The van der Waals surface area contributed by atoms with Gasteiger partial charge in [0, 0.05) is 41.5 Å². The molecule has 36 heavy (non-hydrogen) atoms. The number of carboxylic acids is 1. The predicted octanol–water partition coefficient (Wildman–Crippen LogP) is 3.92. The second-order valence-electron chi connectivity index (χ2n) is 8.22. The highest BCUT2D eigenvalue weighted by Crippen LogP contribution is 2.31. The van der Waals surface area contributed by atoms with Crippen molar-refractivity contribution in [2.45, 2.75) is 19.9 Å². The zero-order valence-electron chi connectivity index (χ0n) is 19.9. The number of aromatic nitrogens is 3. The molecular weight excluding hydrogens is 460 g/mol. The molecule has 0 radical (unpaired) electrons. The molecule has 5 aromatic rings. The molecule has 0 fully saturated rings. The number of aryl methyl sites for hydroxylation is 1. The third-order valence-electron chi connectivity index (χ3n) is 5.75. The van der Waals surface area contributed by atoms with Gasteiger partial charge in [-0.15, -0.1) is 0 Å². The summed E-state index contributed by atoms with van der Waals surface area (Å²) >= 11 is 0. The molecule has 184 valence electrons. The SMILES string of the molecule is CC(=O)O.COC(=O)c1ccc2c(c1)c(-c1nc3c(ccc4ccccc43)[nH]c1=O)cn2CCCN. The average Bonchev–Trinajstić information content (AvgIpc) is 3.23. The normalized spacial score (nSPS) is 10.9. The maximum Gasteiger partial charge on any atom is 0.337 e. The van der Waals surface area contributed by atoms with E-state index in [9.17, 15) is 9.59 Å². The predicted molar refractivity (Wildman–Crippen MR) is 139 cm³/mol. The van der Waals surface area contributed by atoms with Crippen molar-refractivity contribution < 1.29 is 19.4 Å². The van der Waals surface area contributed by atoms with Crippen LogP contribution in [0.2, 0.25) is 0 Å². The van der Waals surface area contributed by atoms with Gasteiger partial charge in [-0.3, -0.25) is 9.59 Å². The Hall–Kier alpha value is -4.50. The first-order chi connectivity index (χ1) is 17.3. The summed E-state index contributed by atoms with van der Waals surface area (Å²) in [7, 11) is 1.35. The number of nitrogens with two attached hydrogens (primary N) is 1. The summed E-state index contributed by atoms with van der Waals surface area (Å²) in [4.78, 5) is 42.0. The van der Waals surface area contributed by atoms with E-state index in [4.69, 9.17) is 25.4 Å². The van der Waals surface area contributed by atoms with Gasteiger partial charge >= 0.3 is 5.97 Å². The first-order valence-corrected chi connectivity index (χ1v) is 11.4. The quantitative estimate of drug-likeness (QED) is 0.253. The van der Waals surface area contributed by atoms with Crippen LogP contribution in [0.4, 0.5) is 0 Å². The van der Waals surface area contributed by atoms with Crippen LogP contribution in [0.15, 0.2) is 65.6 Å². The number of carbonyl (C=O) groups excluding carboxylic acids is 1. The molecule has 0 saturated carbocycles. The standard InChI is InChI=1S/C25H22N4O3.C2H4O2/c1-32-25(31)16-8-10-21-18(13-16)19(14-29(21)12-4-11-26)23-24(30)27-20-9-7-15-5-2-3-6-17(15)22(20)28-23;1-2(3)4/h2-3,5-10,13-14H,4,11-12,26H2,1H3,(H,27,30);1H3,(H,3,4). The Morgan fingerprint density at radius 1 is 1.11 bits per heavy atom. The van der Waals surface area contributed by atoms with Crippen LogP contribution < -0.4 is 11.3 Å². The molecule has 0 atom stereocenters. The highest BCUT2D eigenvalue weighted by molar-refractivity contribution is 6.05. The fourth-order valence-electron chi connectivity index (χ4n) is 4.18. The molecule has 0 bridgehead atoms. The van der Waals surface area contributed by atoms with Gasteiger partial charge in [0.1, 0.15) is 5.69 Å². The first kappa shape index (κ1) is 24.6. The molecule has 2 aromatic heterocycles. The summed E-state index contributed by atoms with van der Waals surface area (Å²) in [5, 5.41) is 10.2. The summed E-state index contributed by atoms with van der Waals surface area (Å²) < 4.78 is 6.93. The van der Waals surface area contributed by atoms with E-state index in [-0.39, 0.29) is 5.56 Å². The number of ether oxygens (including phenoxy) is 1. The number of H-pyrrole nitrogens is 1.